The molecule has 0 spiro atoms. The molecule has 4 rings (SSSR count). The second kappa shape index (κ2) is 4.78. The summed E-state index contributed by atoms with van der Waals surface area (Å²) in [6, 6.07) is 13.8. The number of benzene rings is 2. The first-order chi connectivity index (χ1) is 10.6. The first-order valence-electron chi connectivity index (χ1n) is 7.11. The topological polar surface area (TPSA) is 45.8 Å². The molecule has 4 aromatic rings. The van der Waals surface area contributed by atoms with Crippen molar-refractivity contribution in [2.75, 3.05) is 0 Å². The number of H-pyrrole nitrogens is 1. The second-order valence-corrected chi connectivity index (χ2v) is 6.60. The molecule has 0 atom stereocenters. The molecule has 22 heavy (non-hydrogen) atoms. The summed E-state index contributed by atoms with van der Waals surface area (Å²) in [6.45, 7) is 3.97. The lowest BCUT2D eigenvalue weighted by Gasteiger charge is -2.02. The molecule has 0 amide bonds. The van der Waals surface area contributed by atoms with E-state index in [9.17, 15) is 4.79 Å². The van der Waals surface area contributed by atoms with Crippen LogP contribution in [0, 0.1) is 13.8 Å². The summed E-state index contributed by atoms with van der Waals surface area (Å²) in [5, 5.41) is 1.65. The van der Waals surface area contributed by atoms with Gasteiger partial charge in [0.05, 0.1) is 10.2 Å². The van der Waals surface area contributed by atoms with E-state index in [0.717, 1.165) is 27.3 Å². The van der Waals surface area contributed by atoms with Gasteiger partial charge in [0.2, 0.25) is 0 Å². The van der Waals surface area contributed by atoms with Crippen LogP contribution in [0.1, 0.15) is 11.3 Å². The number of hydrogen-bond acceptors (Lipinski definition) is 3. The Bertz CT molecular complexity index is 1080. The molecular weight excluding hydrogens is 292 g/mol. The SMILES string of the molecule is Cc1ccc2nc(-c3ccc4[nH]c(C)cc(=O)c4c3)sc2c1. The Labute approximate surface area is 131 Å². The molecular formula is C18H14N2OS. The van der Waals surface area contributed by atoms with Crippen molar-refractivity contribution in [2.24, 2.45) is 0 Å². The average Bonchev–Trinajstić information content (AvgIpc) is 2.89. The minimum atomic E-state index is 0.0463. The molecule has 2 aromatic carbocycles. The molecule has 3 nitrogen and oxygen atoms in total. The van der Waals surface area contributed by atoms with E-state index in [2.05, 4.69) is 29.0 Å². The summed E-state index contributed by atoms with van der Waals surface area (Å²) in [6.07, 6.45) is 0. The second-order valence-electron chi connectivity index (χ2n) is 5.57. The van der Waals surface area contributed by atoms with Gasteiger partial charge in [0.15, 0.2) is 5.43 Å². The quantitative estimate of drug-likeness (QED) is 0.566. The zero-order valence-electron chi connectivity index (χ0n) is 12.3. The van der Waals surface area contributed by atoms with Crippen molar-refractivity contribution < 1.29 is 0 Å². The third-order valence-electron chi connectivity index (χ3n) is 3.76. The molecule has 4 heteroatoms. The van der Waals surface area contributed by atoms with Gasteiger partial charge in [-0.25, -0.2) is 4.98 Å². The van der Waals surface area contributed by atoms with Crippen LogP contribution in [0.25, 0.3) is 31.7 Å². The van der Waals surface area contributed by atoms with Crippen LogP contribution in [0.5, 0.6) is 0 Å². The third-order valence-corrected chi connectivity index (χ3v) is 4.82. The number of aromatic amines is 1. The molecule has 2 heterocycles. The van der Waals surface area contributed by atoms with Crippen LogP contribution in [0.3, 0.4) is 0 Å². The maximum absolute atomic E-state index is 12.2. The number of nitrogens with zero attached hydrogens (tertiary/aromatic N) is 1. The fourth-order valence-electron chi connectivity index (χ4n) is 2.67. The maximum atomic E-state index is 12.2. The molecule has 0 bridgehead atoms. The molecule has 0 aliphatic rings. The van der Waals surface area contributed by atoms with E-state index in [1.54, 1.807) is 17.4 Å². The Morgan fingerprint density at radius 1 is 1.05 bits per heavy atom. The number of aromatic nitrogens is 2. The van der Waals surface area contributed by atoms with Crippen molar-refractivity contribution in [3.05, 3.63) is 63.9 Å². The number of aryl methyl sites for hydroxylation is 2. The predicted octanol–water partition coefficient (Wildman–Crippen LogP) is 4.42. The van der Waals surface area contributed by atoms with Crippen molar-refractivity contribution in [1.29, 1.82) is 0 Å². The Balaban J connectivity index is 1.94. The van der Waals surface area contributed by atoms with Crippen molar-refractivity contribution in [3.8, 4) is 10.6 Å². The number of fused-ring (bicyclic) bond motifs is 2. The summed E-state index contributed by atoms with van der Waals surface area (Å²) in [4.78, 5) is 20.1. The van der Waals surface area contributed by atoms with E-state index in [1.807, 2.05) is 31.2 Å². The van der Waals surface area contributed by atoms with Gasteiger partial charge >= 0.3 is 0 Å². The molecule has 0 fully saturated rings. The molecule has 0 saturated heterocycles. The van der Waals surface area contributed by atoms with Crippen LogP contribution in [0.4, 0.5) is 0 Å². The normalized spacial score (nSPS) is 11.4. The van der Waals surface area contributed by atoms with Gasteiger partial charge in [-0.3, -0.25) is 4.79 Å². The van der Waals surface area contributed by atoms with Crippen LogP contribution < -0.4 is 5.43 Å². The molecule has 1 N–H and O–H groups in total. The predicted molar refractivity (Wildman–Crippen MR) is 92.7 cm³/mol. The van der Waals surface area contributed by atoms with Crippen molar-refractivity contribution >= 4 is 32.5 Å². The molecule has 0 radical (unpaired) electrons. The highest BCUT2D eigenvalue weighted by Crippen LogP contribution is 2.31. The summed E-state index contributed by atoms with van der Waals surface area (Å²) in [5.41, 5.74) is 5.01. The minimum absolute atomic E-state index is 0.0463. The largest absolute Gasteiger partial charge is 0.358 e. The van der Waals surface area contributed by atoms with E-state index < -0.39 is 0 Å². The average molecular weight is 306 g/mol. The lowest BCUT2D eigenvalue weighted by Crippen LogP contribution is -2.02. The standard InChI is InChI=1S/C18H14N2OS/c1-10-3-5-15-17(7-10)22-18(20-15)12-4-6-14-13(9-12)16(21)8-11(2)19-14/h3-9H,1-2H3,(H,19,21). The van der Waals surface area contributed by atoms with E-state index in [0.29, 0.717) is 5.39 Å². The van der Waals surface area contributed by atoms with Gasteiger partial charge in [-0.2, -0.15) is 0 Å². The van der Waals surface area contributed by atoms with Crippen molar-refractivity contribution in [3.63, 3.8) is 0 Å². The number of nitrogens with one attached hydrogen (secondary N) is 1. The van der Waals surface area contributed by atoms with Crippen LogP contribution in [0.2, 0.25) is 0 Å². The monoisotopic (exact) mass is 306 g/mol. The van der Waals surface area contributed by atoms with Gasteiger partial charge in [-0.15, -0.1) is 11.3 Å². The van der Waals surface area contributed by atoms with Crippen molar-refractivity contribution in [2.45, 2.75) is 13.8 Å². The number of rotatable bonds is 1. The number of pyridine rings is 1. The Morgan fingerprint density at radius 3 is 2.77 bits per heavy atom. The molecule has 0 aliphatic heterocycles. The van der Waals surface area contributed by atoms with Crippen LogP contribution in [0.15, 0.2) is 47.3 Å². The smallest absolute Gasteiger partial charge is 0.189 e. The first-order valence-corrected chi connectivity index (χ1v) is 7.93. The van der Waals surface area contributed by atoms with E-state index in [-0.39, 0.29) is 5.43 Å². The minimum Gasteiger partial charge on any atom is -0.358 e. The summed E-state index contributed by atoms with van der Waals surface area (Å²) < 4.78 is 1.17. The van der Waals surface area contributed by atoms with Crippen LogP contribution in [-0.2, 0) is 0 Å². The lowest BCUT2D eigenvalue weighted by atomic mass is 10.1. The molecule has 0 saturated carbocycles. The number of thiazole rings is 1. The van der Waals surface area contributed by atoms with Crippen LogP contribution in [-0.4, -0.2) is 9.97 Å². The van der Waals surface area contributed by atoms with Crippen LogP contribution >= 0.6 is 11.3 Å². The fraction of sp³-hybridized carbons (Fsp3) is 0.111. The summed E-state index contributed by atoms with van der Waals surface area (Å²) in [7, 11) is 0. The van der Waals surface area contributed by atoms with Gasteiger partial charge in [-0.1, -0.05) is 6.07 Å². The first kappa shape index (κ1) is 13.2. The number of hydrogen-bond donors (Lipinski definition) is 1. The van der Waals surface area contributed by atoms with E-state index >= 15 is 0 Å². The van der Waals surface area contributed by atoms with E-state index in [4.69, 9.17) is 0 Å². The highest BCUT2D eigenvalue weighted by Gasteiger charge is 2.08. The van der Waals surface area contributed by atoms with Gasteiger partial charge in [0, 0.05) is 28.2 Å². The highest BCUT2D eigenvalue weighted by atomic mass is 32.1. The van der Waals surface area contributed by atoms with Gasteiger partial charge in [0.1, 0.15) is 5.01 Å². The Kier molecular flexibility index (Phi) is 2.87. The van der Waals surface area contributed by atoms with Gasteiger partial charge in [0.25, 0.3) is 0 Å². The van der Waals surface area contributed by atoms with Gasteiger partial charge in [-0.05, 0) is 49.7 Å². The zero-order valence-corrected chi connectivity index (χ0v) is 13.1. The zero-order chi connectivity index (χ0) is 15.3. The molecule has 0 unspecified atom stereocenters. The fourth-order valence-corrected chi connectivity index (χ4v) is 3.73. The Hall–Kier alpha value is -2.46. The summed E-state index contributed by atoms with van der Waals surface area (Å²) >= 11 is 1.66. The molecule has 0 aliphatic carbocycles. The summed E-state index contributed by atoms with van der Waals surface area (Å²) in [5.74, 6) is 0. The third kappa shape index (κ3) is 2.12. The lowest BCUT2D eigenvalue weighted by molar-refractivity contribution is 1.24. The highest BCUT2D eigenvalue weighted by molar-refractivity contribution is 7.21. The molecule has 108 valence electrons. The molecule has 2 aromatic heterocycles. The Morgan fingerprint density at radius 2 is 1.91 bits per heavy atom. The van der Waals surface area contributed by atoms with Crippen molar-refractivity contribution in [1.82, 2.24) is 9.97 Å². The van der Waals surface area contributed by atoms with Gasteiger partial charge < -0.3 is 4.98 Å². The van der Waals surface area contributed by atoms with E-state index in [1.165, 1.54) is 10.3 Å². The maximum Gasteiger partial charge on any atom is 0.189 e.